The second-order valence-electron chi connectivity index (χ2n) is 3.60. The van der Waals surface area contributed by atoms with Gasteiger partial charge in [0.1, 0.15) is 5.65 Å². The van der Waals surface area contributed by atoms with Crippen LogP contribution in [0.5, 0.6) is 0 Å². The van der Waals surface area contributed by atoms with Crippen LogP contribution in [-0.4, -0.2) is 25.0 Å². The molecule has 0 unspecified atom stereocenters. The summed E-state index contributed by atoms with van der Waals surface area (Å²) in [5.74, 6) is 0. The van der Waals surface area contributed by atoms with Crippen molar-refractivity contribution in [1.82, 2.24) is 14.6 Å². The number of nitrogens with one attached hydrogen (secondary N) is 1. The Morgan fingerprint density at radius 1 is 1.71 bits per heavy atom. The van der Waals surface area contributed by atoms with Crippen molar-refractivity contribution in [2.24, 2.45) is 5.16 Å². The minimum absolute atomic E-state index is 0.112. The molecule has 0 amide bonds. The van der Waals surface area contributed by atoms with E-state index in [0.717, 1.165) is 5.69 Å². The lowest BCUT2D eigenvalue weighted by Crippen LogP contribution is -2.21. The van der Waals surface area contributed by atoms with Crippen molar-refractivity contribution in [2.75, 3.05) is 0 Å². The van der Waals surface area contributed by atoms with Crippen molar-refractivity contribution in [1.29, 1.82) is 0 Å². The van der Waals surface area contributed by atoms with Gasteiger partial charge in [0.25, 0.3) is 5.56 Å². The standard InChI is InChI=1S/C10H11ClN4O2/c1-3-6-5(2)13-9-7(8(11)14-17)4-12-15(9)10(6)16/h4,13,17H,3H2,1-2H3. The molecule has 0 aliphatic carbocycles. The lowest BCUT2D eigenvalue weighted by molar-refractivity contribution is 0.321. The van der Waals surface area contributed by atoms with Crippen LogP contribution in [0.4, 0.5) is 0 Å². The van der Waals surface area contributed by atoms with E-state index in [1.807, 2.05) is 6.92 Å². The lowest BCUT2D eigenvalue weighted by Gasteiger charge is -2.04. The molecule has 0 bridgehead atoms. The van der Waals surface area contributed by atoms with E-state index < -0.39 is 0 Å². The molecule has 2 N–H and O–H groups in total. The van der Waals surface area contributed by atoms with Crippen molar-refractivity contribution in [2.45, 2.75) is 20.3 Å². The molecule has 2 aromatic rings. The molecule has 7 heteroatoms. The predicted octanol–water partition coefficient (Wildman–Crippen LogP) is 1.27. The Balaban J connectivity index is 2.85. The molecule has 2 aromatic heterocycles. The Morgan fingerprint density at radius 2 is 2.41 bits per heavy atom. The quantitative estimate of drug-likeness (QED) is 0.481. The van der Waals surface area contributed by atoms with Crippen LogP contribution in [-0.2, 0) is 6.42 Å². The van der Waals surface area contributed by atoms with Gasteiger partial charge in [-0.15, -0.1) is 0 Å². The highest BCUT2D eigenvalue weighted by molar-refractivity contribution is 6.70. The van der Waals surface area contributed by atoms with Crippen LogP contribution >= 0.6 is 11.6 Å². The van der Waals surface area contributed by atoms with Gasteiger partial charge in [-0.25, -0.2) is 0 Å². The van der Waals surface area contributed by atoms with Crippen LogP contribution < -0.4 is 5.56 Å². The summed E-state index contributed by atoms with van der Waals surface area (Å²) in [6.07, 6.45) is 2.00. The highest BCUT2D eigenvalue weighted by atomic mass is 35.5. The van der Waals surface area contributed by atoms with Gasteiger partial charge in [-0.05, 0) is 13.3 Å². The van der Waals surface area contributed by atoms with E-state index in [0.29, 0.717) is 23.2 Å². The van der Waals surface area contributed by atoms with Gasteiger partial charge < -0.3 is 10.2 Å². The maximum absolute atomic E-state index is 12.0. The van der Waals surface area contributed by atoms with Gasteiger partial charge in [-0.1, -0.05) is 23.7 Å². The number of aryl methyl sites for hydroxylation is 1. The van der Waals surface area contributed by atoms with Crippen molar-refractivity contribution in [3.05, 3.63) is 33.4 Å². The molecular formula is C10H11ClN4O2. The van der Waals surface area contributed by atoms with Crippen LogP contribution in [0, 0.1) is 6.92 Å². The summed E-state index contributed by atoms with van der Waals surface area (Å²) < 4.78 is 1.22. The summed E-state index contributed by atoms with van der Waals surface area (Å²) >= 11 is 5.71. The fourth-order valence-corrected chi connectivity index (χ4v) is 1.92. The maximum atomic E-state index is 12.0. The Labute approximate surface area is 102 Å². The maximum Gasteiger partial charge on any atom is 0.277 e. The molecule has 0 saturated carbocycles. The molecule has 2 heterocycles. The Bertz CT molecular complexity index is 656. The van der Waals surface area contributed by atoms with Crippen LogP contribution in [0.2, 0.25) is 0 Å². The lowest BCUT2D eigenvalue weighted by atomic mass is 10.2. The number of oxime groups is 1. The zero-order valence-corrected chi connectivity index (χ0v) is 10.1. The monoisotopic (exact) mass is 254 g/mol. The normalized spacial score (nSPS) is 12.3. The minimum atomic E-state index is -0.188. The molecule has 0 fully saturated rings. The first kappa shape index (κ1) is 11.7. The van der Waals surface area contributed by atoms with Gasteiger partial charge >= 0.3 is 0 Å². The molecule has 0 radical (unpaired) electrons. The van der Waals surface area contributed by atoms with Crippen LogP contribution in [0.1, 0.15) is 23.7 Å². The van der Waals surface area contributed by atoms with E-state index in [2.05, 4.69) is 15.2 Å². The smallest absolute Gasteiger partial charge is 0.277 e. The molecular weight excluding hydrogens is 244 g/mol. The first-order valence-corrected chi connectivity index (χ1v) is 5.45. The molecule has 0 aliphatic heterocycles. The third kappa shape index (κ3) is 1.70. The van der Waals surface area contributed by atoms with Crippen LogP contribution in [0.3, 0.4) is 0 Å². The third-order valence-electron chi connectivity index (χ3n) is 2.64. The summed E-state index contributed by atoms with van der Waals surface area (Å²) in [4.78, 5) is 15.1. The fourth-order valence-electron chi connectivity index (χ4n) is 1.79. The molecule has 90 valence electrons. The molecule has 6 nitrogen and oxygen atoms in total. The summed E-state index contributed by atoms with van der Waals surface area (Å²) in [6.45, 7) is 3.71. The van der Waals surface area contributed by atoms with Crippen molar-refractivity contribution in [3.63, 3.8) is 0 Å². The number of aromatic nitrogens is 3. The van der Waals surface area contributed by atoms with Crippen LogP contribution in [0.25, 0.3) is 5.65 Å². The third-order valence-corrected chi connectivity index (χ3v) is 2.92. The number of hydrogen-bond donors (Lipinski definition) is 2. The summed E-state index contributed by atoms with van der Waals surface area (Å²) in [5.41, 5.74) is 2.05. The second-order valence-corrected chi connectivity index (χ2v) is 3.95. The van der Waals surface area contributed by atoms with Gasteiger partial charge in [0.05, 0.1) is 11.8 Å². The van der Waals surface area contributed by atoms with Crippen LogP contribution in [0.15, 0.2) is 16.1 Å². The number of hydrogen-bond acceptors (Lipinski definition) is 4. The Hall–Kier alpha value is -1.82. The largest absolute Gasteiger partial charge is 0.410 e. The minimum Gasteiger partial charge on any atom is -0.410 e. The van der Waals surface area contributed by atoms with Gasteiger partial charge in [-0.2, -0.15) is 9.61 Å². The van der Waals surface area contributed by atoms with E-state index in [9.17, 15) is 4.79 Å². The number of rotatable bonds is 2. The average molecular weight is 255 g/mol. The number of fused-ring (bicyclic) bond motifs is 1. The molecule has 17 heavy (non-hydrogen) atoms. The topological polar surface area (TPSA) is 82.8 Å². The summed E-state index contributed by atoms with van der Waals surface area (Å²) in [7, 11) is 0. The zero-order valence-electron chi connectivity index (χ0n) is 9.36. The van der Waals surface area contributed by atoms with Gasteiger partial charge in [-0.3, -0.25) is 4.79 Å². The number of halogens is 1. The SMILES string of the molecule is CCc1c(C)[nH]c2c(C(Cl)=NO)cnn2c1=O. The van der Waals surface area contributed by atoms with Gasteiger partial charge in [0.15, 0.2) is 5.17 Å². The number of aromatic amines is 1. The van der Waals surface area contributed by atoms with E-state index >= 15 is 0 Å². The van der Waals surface area contributed by atoms with Gasteiger partial charge in [0, 0.05) is 11.3 Å². The molecule has 0 aliphatic rings. The number of nitrogens with zero attached hydrogens (tertiary/aromatic N) is 3. The molecule has 0 spiro atoms. The molecule has 0 aromatic carbocycles. The zero-order chi connectivity index (χ0) is 12.6. The van der Waals surface area contributed by atoms with E-state index in [1.54, 1.807) is 6.92 Å². The van der Waals surface area contributed by atoms with E-state index in [1.165, 1.54) is 10.7 Å². The van der Waals surface area contributed by atoms with E-state index in [-0.39, 0.29) is 10.7 Å². The summed E-state index contributed by atoms with van der Waals surface area (Å²) in [6, 6.07) is 0. The second kappa shape index (κ2) is 4.21. The Kier molecular flexibility index (Phi) is 2.89. The molecule has 0 atom stereocenters. The van der Waals surface area contributed by atoms with E-state index in [4.69, 9.17) is 16.8 Å². The molecule has 0 saturated heterocycles. The fraction of sp³-hybridized carbons (Fsp3) is 0.300. The number of H-pyrrole nitrogens is 1. The van der Waals surface area contributed by atoms with Gasteiger partial charge in [0.2, 0.25) is 0 Å². The Morgan fingerprint density at radius 3 is 3.00 bits per heavy atom. The highest BCUT2D eigenvalue weighted by Crippen LogP contribution is 2.12. The summed E-state index contributed by atoms with van der Waals surface area (Å²) in [5, 5.41) is 15.3. The first-order valence-electron chi connectivity index (χ1n) is 5.07. The average Bonchev–Trinajstić information content (AvgIpc) is 2.72. The van der Waals surface area contributed by atoms with Crippen molar-refractivity contribution < 1.29 is 5.21 Å². The highest BCUT2D eigenvalue weighted by Gasteiger charge is 2.14. The van der Waals surface area contributed by atoms with Crippen molar-refractivity contribution in [3.8, 4) is 0 Å². The van der Waals surface area contributed by atoms with Crippen molar-refractivity contribution >= 4 is 22.4 Å². The predicted molar refractivity (Wildman–Crippen MR) is 64.1 cm³/mol. The first-order chi connectivity index (χ1) is 8.10. The molecule has 2 rings (SSSR count).